The highest BCUT2D eigenvalue weighted by molar-refractivity contribution is 5.86. The average molecular weight is 260 g/mol. The first-order valence-electron chi connectivity index (χ1n) is 6.90. The highest BCUT2D eigenvalue weighted by Crippen LogP contribution is 2.25. The molecule has 0 amide bonds. The number of piperidine rings is 1. The first-order valence-corrected chi connectivity index (χ1v) is 6.90. The Hall–Kier alpha value is -1.75. The summed E-state index contributed by atoms with van der Waals surface area (Å²) >= 11 is 0. The van der Waals surface area contributed by atoms with Gasteiger partial charge in [-0.25, -0.2) is 0 Å². The van der Waals surface area contributed by atoms with Crippen LogP contribution in [0, 0.1) is 0 Å². The fourth-order valence-electron chi connectivity index (χ4n) is 2.67. The summed E-state index contributed by atoms with van der Waals surface area (Å²) in [5, 5.41) is 3.39. The first-order chi connectivity index (χ1) is 9.26. The van der Waals surface area contributed by atoms with Crippen LogP contribution in [0.4, 0.5) is 11.7 Å². The Morgan fingerprint density at radius 3 is 3.21 bits per heavy atom. The maximum Gasteiger partial charge on any atom is 0.296 e. The van der Waals surface area contributed by atoms with Gasteiger partial charge in [-0.05, 0) is 38.1 Å². The van der Waals surface area contributed by atoms with Gasteiger partial charge in [0.2, 0.25) is 0 Å². The van der Waals surface area contributed by atoms with Crippen LogP contribution in [-0.4, -0.2) is 35.6 Å². The lowest BCUT2D eigenvalue weighted by Crippen LogP contribution is -2.41. The first kappa shape index (κ1) is 12.3. The van der Waals surface area contributed by atoms with Crippen molar-refractivity contribution in [2.45, 2.75) is 25.8 Å². The van der Waals surface area contributed by atoms with E-state index in [1.165, 1.54) is 13.0 Å². The third-order valence-electron chi connectivity index (χ3n) is 3.73. The molecular weight excluding hydrogens is 240 g/mol. The number of hydrogen-bond donors (Lipinski definition) is 2. The largest absolute Gasteiger partial charge is 0.423 e. The molecule has 0 bridgehead atoms. The van der Waals surface area contributed by atoms with E-state index in [-0.39, 0.29) is 0 Å². The number of nitrogen functional groups attached to an aromatic ring is 1. The zero-order chi connectivity index (χ0) is 13.2. The van der Waals surface area contributed by atoms with Crippen molar-refractivity contribution in [1.82, 2.24) is 9.88 Å². The minimum absolute atomic E-state index is 0.406. The van der Waals surface area contributed by atoms with E-state index in [4.69, 9.17) is 10.2 Å². The second kappa shape index (κ2) is 5.09. The summed E-state index contributed by atoms with van der Waals surface area (Å²) in [5.41, 5.74) is 8.03. The van der Waals surface area contributed by atoms with Crippen LogP contribution in [0.1, 0.15) is 19.8 Å². The van der Waals surface area contributed by atoms with Crippen molar-refractivity contribution in [2.75, 3.05) is 30.7 Å². The lowest BCUT2D eigenvalue weighted by atomic mass is 10.1. The van der Waals surface area contributed by atoms with Crippen LogP contribution in [0.3, 0.4) is 0 Å². The lowest BCUT2D eigenvalue weighted by Gasteiger charge is -2.31. The van der Waals surface area contributed by atoms with Crippen LogP contribution in [0.15, 0.2) is 22.6 Å². The summed E-state index contributed by atoms with van der Waals surface area (Å²) in [6.45, 7) is 5.53. The molecular formula is C14H20N4O. The van der Waals surface area contributed by atoms with Crippen LogP contribution in [0.25, 0.3) is 11.1 Å². The van der Waals surface area contributed by atoms with Gasteiger partial charge in [0.25, 0.3) is 6.01 Å². The molecule has 5 heteroatoms. The Labute approximate surface area is 112 Å². The van der Waals surface area contributed by atoms with Gasteiger partial charge in [0.05, 0.1) is 5.69 Å². The van der Waals surface area contributed by atoms with Crippen LogP contribution < -0.4 is 11.1 Å². The molecule has 102 valence electrons. The smallest absolute Gasteiger partial charge is 0.296 e. The average Bonchev–Trinajstić information content (AvgIpc) is 2.83. The number of fused-ring (bicyclic) bond motifs is 1. The zero-order valence-corrected chi connectivity index (χ0v) is 11.2. The van der Waals surface area contributed by atoms with E-state index in [2.05, 4.69) is 22.1 Å². The fraction of sp³-hybridized carbons (Fsp3) is 0.500. The van der Waals surface area contributed by atoms with E-state index < -0.39 is 0 Å². The number of likely N-dealkylation sites (N-methyl/N-ethyl adjacent to an activating group) is 1. The minimum atomic E-state index is 0.406. The quantitative estimate of drug-likeness (QED) is 0.829. The van der Waals surface area contributed by atoms with E-state index >= 15 is 0 Å². The van der Waals surface area contributed by atoms with Crippen molar-refractivity contribution >= 4 is 22.8 Å². The summed E-state index contributed by atoms with van der Waals surface area (Å²) in [6, 6.07) is 6.60. The molecule has 3 rings (SSSR count). The van der Waals surface area contributed by atoms with Gasteiger partial charge in [-0.15, -0.1) is 0 Å². The number of rotatable bonds is 3. The predicted molar refractivity (Wildman–Crippen MR) is 77.2 cm³/mol. The van der Waals surface area contributed by atoms with Crippen LogP contribution in [-0.2, 0) is 0 Å². The van der Waals surface area contributed by atoms with Crippen molar-refractivity contribution in [1.29, 1.82) is 0 Å². The molecule has 0 saturated carbocycles. The number of aromatic nitrogens is 1. The Kier molecular flexibility index (Phi) is 3.29. The van der Waals surface area contributed by atoms with E-state index in [1.54, 1.807) is 0 Å². The topological polar surface area (TPSA) is 67.3 Å². The number of nitrogens with two attached hydrogens (primary N) is 1. The van der Waals surface area contributed by atoms with Crippen molar-refractivity contribution in [3.8, 4) is 0 Å². The molecule has 1 saturated heterocycles. The predicted octanol–water partition coefficient (Wildman–Crippen LogP) is 2.31. The van der Waals surface area contributed by atoms with Gasteiger partial charge in [-0.3, -0.25) is 0 Å². The number of oxazole rings is 1. The Bertz CT molecular complexity index is 566. The molecule has 1 aliphatic heterocycles. The Balaban J connectivity index is 1.76. The number of nitrogens with zero attached hydrogens (tertiary/aromatic N) is 2. The van der Waals surface area contributed by atoms with E-state index in [9.17, 15) is 0 Å². The van der Waals surface area contributed by atoms with Gasteiger partial charge in [-0.2, -0.15) is 4.98 Å². The van der Waals surface area contributed by atoms with Gasteiger partial charge < -0.3 is 20.4 Å². The molecule has 0 aliphatic carbocycles. The third kappa shape index (κ3) is 2.51. The molecule has 3 N–H and O–H groups in total. The standard InChI is InChI=1S/C14H20N4O/c1-2-18-8-4-5-10(9-18)16-14-17-13-11(15)6-3-7-12(13)19-14/h3,6-7,10H,2,4-5,8-9,15H2,1H3,(H,16,17). The second-order valence-corrected chi connectivity index (χ2v) is 5.09. The number of anilines is 2. The molecule has 1 aromatic carbocycles. The number of hydrogen-bond acceptors (Lipinski definition) is 5. The summed E-state index contributed by atoms with van der Waals surface area (Å²) < 4.78 is 5.70. The lowest BCUT2D eigenvalue weighted by molar-refractivity contribution is 0.225. The summed E-state index contributed by atoms with van der Waals surface area (Å²) in [5.74, 6) is 0. The highest BCUT2D eigenvalue weighted by Gasteiger charge is 2.20. The molecule has 5 nitrogen and oxygen atoms in total. The summed E-state index contributed by atoms with van der Waals surface area (Å²) in [7, 11) is 0. The van der Waals surface area contributed by atoms with Crippen molar-refractivity contribution in [3.63, 3.8) is 0 Å². The van der Waals surface area contributed by atoms with Crippen LogP contribution >= 0.6 is 0 Å². The number of benzene rings is 1. The summed E-state index contributed by atoms with van der Waals surface area (Å²) in [4.78, 5) is 6.88. The molecule has 1 unspecified atom stereocenters. The number of para-hydroxylation sites is 1. The summed E-state index contributed by atoms with van der Waals surface area (Å²) in [6.07, 6.45) is 2.37. The molecule has 1 fully saturated rings. The molecule has 2 heterocycles. The zero-order valence-electron chi connectivity index (χ0n) is 11.2. The van der Waals surface area contributed by atoms with Gasteiger partial charge >= 0.3 is 0 Å². The molecule has 0 spiro atoms. The van der Waals surface area contributed by atoms with Gasteiger partial charge in [0.1, 0.15) is 5.52 Å². The SMILES string of the molecule is CCN1CCCC(Nc2nc3c(N)cccc3o2)C1. The van der Waals surface area contributed by atoms with Crippen molar-refractivity contribution in [2.24, 2.45) is 0 Å². The Morgan fingerprint density at radius 2 is 2.42 bits per heavy atom. The second-order valence-electron chi connectivity index (χ2n) is 5.09. The molecule has 2 aromatic rings. The van der Waals surface area contributed by atoms with Gasteiger partial charge in [0, 0.05) is 12.6 Å². The van der Waals surface area contributed by atoms with Gasteiger partial charge in [-0.1, -0.05) is 13.0 Å². The number of likely N-dealkylation sites (tertiary alicyclic amines) is 1. The van der Waals surface area contributed by atoms with Crippen LogP contribution in [0.5, 0.6) is 0 Å². The van der Waals surface area contributed by atoms with Crippen molar-refractivity contribution < 1.29 is 4.42 Å². The monoisotopic (exact) mass is 260 g/mol. The third-order valence-corrected chi connectivity index (χ3v) is 3.73. The van der Waals surface area contributed by atoms with Gasteiger partial charge in [0.15, 0.2) is 5.58 Å². The fourth-order valence-corrected chi connectivity index (χ4v) is 2.67. The Morgan fingerprint density at radius 1 is 1.53 bits per heavy atom. The van der Waals surface area contributed by atoms with E-state index in [0.29, 0.717) is 17.7 Å². The molecule has 1 aliphatic rings. The van der Waals surface area contributed by atoms with E-state index in [1.807, 2.05) is 18.2 Å². The molecule has 19 heavy (non-hydrogen) atoms. The molecule has 0 radical (unpaired) electrons. The molecule has 1 atom stereocenters. The number of nitrogens with one attached hydrogen (secondary N) is 1. The minimum Gasteiger partial charge on any atom is -0.423 e. The maximum absolute atomic E-state index is 5.89. The van der Waals surface area contributed by atoms with Crippen LogP contribution in [0.2, 0.25) is 0 Å². The highest BCUT2D eigenvalue weighted by atomic mass is 16.4. The molecule has 1 aromatic heterocycles. The van der Waals surface area contributed by atoms with E-state index in [0.717, 1.165) is 30.6 Å². The normalized spacial score (nSPS) is 20.8. The maximum atomic E-state index is 5.89. The van der Waals surface area contributed by atoms with Crippen molar-refractivity contribution in [3.05, 3.63) is 18.2 Å².